The van der Waals surface area contributed by atoms with Crippen LogP contribution < -0.4 is 51.8 Å². The van der Waals surface area contributed by atoms with Crippen LogP contribution in [0.5, 0.6) is 0 Å². The molecule has 3 aliphatic rings. The number of hydrogen-bond acceptors (Lipinski definition) is 3. The normalized spacial score (nSPS) is 13.8. The Morgan fingerprint density at radius 3 is 1.16 bits per heavy atom. The Labute approximate surface area is 355 Å². The minimum atomic E-state index is -3.03. The first-order valence-electron chi connectivity index (χ1n) is 20.7. The summed E-state index contributed by atoms with van der Waals surface area (Å²) in [5, 5.41) is 5.29. The molecule has 61 heavy (non-hydrogen) atoms. The van der Waals surface area contributed by atoms with Gasteiger partial charge in [0.15, 0.2) is 8.07 Å². The molecule has 7 heteroatoms. The second kappa shape index (κ2) is 13.8. The van der Waals surface area contributed by atoms with Gasteiger partial charge in [0.2, 0.25) is 0 Å². The molecule has 3 aliphatic heterocycles. The van der Waals surface area contributed by atoms with E-state index in [9.17, 15) is 8.78 Å². The van der Waals surface area contributed by atoms with Gasteiger partial charge in [-0.3, -0.25) is 0 Å². The van der Waals surface area contributed by atoms with E-state index in [0.717, 1.165) is 56.6 Å². The van der Waals surface area contributed by atoms with Gasteiger partial charge in [-0.15, -0.1) is 0 Å². The summed E-state index contributed by atoms with van der Waals surface area (Å²) in [6.07, 6.45) is 0. The van der Waals surface area contributed by atoms with Crippen LogP contribution in [0.25, 0.3) is 0 Å². The van der Waals surface area contributed by atoms with Gasteiger partial charge >= 0.3 is 0 Å². The lowest BCUT2D eigenvalue weighted by atomic mass is 9.33. The number of benzene rings is 9. The molecule has 0 saturated carbocycles. The molecule has 0 amide bonds. The first-order valence-corrected chi connectivity index (χ1v) is 22.7. The SMILES string of the molecule is Fc1ccc(N2c3cc(N(c4ccccc4)c4ccccc4)cc4c3B3c5c2cccc5[Si](c2ccccc2)(c2ccccc2)c2cccc(c23)N4c2ccc(F)cc2)cc1. The van der Waals surface area contributed by atoms with Gasteiger partial charge in [-0.1, -0.05) is 121 Å². The molecule has 0 unspecified atom stereocenters. The Morgan fingerprint density at radius 1 is 0.361 bits per heavy atom. The van der Waals surface area contributed by atoms with Crippen LogP contribution in [-0.4, -0.2) is 14.8 Å². The van der Waals surface area contributed by atoms with Crippen molar-refractivity contribution in [2.75, 3.05) is 14.7 Å². The van der Waals surface area contributed by atoms with Crippen molar-refractivity contribution in [3.63, 3.8) is 0 Å². The van der Waals surface area contributed by atoms with E-state index in [0.29, 0.717) is 0 Å². The zero-order chi connectivity index (χ0) is 40.7. The van der Waals surface area contributed by atoms with Crippen LogP contribution in [0.2, 0.25) is 0 Å². The number of rotatable bonds is 7. The fourth-order valence-corrected chi connectivity index (χ4v) is 15.8. The van der Waals surface area contributed by atoms with Gasteiger partial charge in [-0.2, -0.15) is 0 Å². The van der Waals surface area contributed by atoms with Crippen LogP contribution in [0.4, 0.5) is 60.0 Å². The predicted octanol–water partition coefficient (Wildman–Crippen LogP) is 9.21. The highest BCUT2D eigenvalue weighted by Crippen LogP contribution is 2.48. The lowest BCUT2D eigenvalue weighted by molar-refractivity contribution is 0.627. The van der Waals surface area contributed by atoms with Crippen molar-refractivity contribution in [1.82, 2.24) is 0 Å². The summed E-state index contributed by atoms with van der Waals surface area (Å²) in [4.78, 5) is 6.99. The first-order chi connectivity index (χ1) is 30.1. The molecule has 0 fully saturated rings. The van der Waals surface area contributed by atoms with Gasteiger partial charge in [-0.05, 0) is 134 Å². The van der Waals surface area contributed by atoms with Crippen LogP contribution in [0.15, 0.2) is 218 Å². The number of anilines is 9. The van der Waals surface area contributed by atoms with Crippen LogP contribution in [0.1, 0.15) is 0 Å². The third kappa shape index (κ3) is 5.20. The summed E-state index contributed by atoms with van der Waals surface area (Å²) in [5.41, 5.74) is 12.6. The largest absolute Gasteiger partial charge is 0.311 e. The Morgan fingerprint density at radius 2 is 0.754 bits per heavy atom. The summed E-state index contributed by atoms with van der Waals surface area (Å²) in [6, 6.07) is 75.1. The molecule has 12 rings (SSSR count). The molecule has 0 aromatic heterocycles. The number of para-hydroxylation sites is 2. The Balaban J connectivity index is 1.26. The number of hydrogen-bond donors (Lipinski definition) is 0. The lowest BCUT2D eigenvalue weighted by Crippen LogP contribution is -2.88. The fraction of sp³-hybridized carbons (Fsp3) is 0. The maximum absolute atomic E-state index is 14.9. The van der Waals surface area contributed by atoms with E-state index in [2.05, 4.69) is 172 Å². The van der Waals surface area contributed by atoms with E-state index in [1.54, 1.807) is 24.3 Å². The van der Waals surface area contributed by atoms with Gasteiger partial charge in [0.25, 0.3) is 6.71 Å². The highest BCUT2D eigenvalue weighted by Gasteiger charge is 2.56. The maximum atomic E-state index is 14.9. The molecule has 3 heterocycles. The smallest absolute Gasteiger partial charge is 0.251 e. The van der Waals surface area contributed by atoms with E-state index < -0.39 is 8.07 Å². The fourth-order valence-electron chi connectivity index (χ4n) is 10.5. The minimum Gasteiger partial charge on any atom is -0.311 e. The van der Waals surface area contributed by atoms with Crippen molar-refractivity contribution in [1.29, 1.82) is 0 Å². The monoisotopic (exact) mass is 803 g/mol. The summed E-state index contributed by atoms with van der Waals surface area (Å²) in [7, 11) is -3.03. The van der Waals surface area contributed by atoms with E-state index >= 15 is 0 Å². The first kappa shape index (κ1) is 35.5. The van der Waals surface area contributed by atoms with Gasteiger partial charge in [-0.25, -0.2) is 8.78 Å². The molecule has 0 spiro atoms. The predicted molar refractivity (Wildman–Crippen MR) is 252 cm³/mol. The zero-order valence-corrected chi connectivity index (χ0v) is 34.0. The molecule has 0 radical (unpaired) electrons. The van der Waals surface area contributed by atoms with Crippen LogP contribution in [0, 0.1) is 11.6 Å². The number of halogens is 2. The van der Waals surface area contributed by atoms with E-state index in [4.69, 9.17) is 0 Å². The summed E-state index contributed by atoms with van der Waals surface area (Å²) in [6.45, 7) is -0.125. The summed E-state index contributed by atoms with van der Waals surface area (Å²) in [5.74, 6) is -0.575. The average Bonchev–Trinajstić information content (AvgIpc) is 3.31. The average molecular weight is 804 g/mol. The summed E-state index contributed by atoms with van der Waals surface area (Å²) >= 11 is 0. The number of nitrogens with zero attached hydrogens (tertiary/aromatic N) is 3. The van der Waals surface area contributed by atoms with Gasteiger partial charge in [0, 0.05) is 45.5 Å². The van der Waals surface area contributed by atoms with Crippen molar-refractivity contribution >= 4 is 103 Å². The Kier molecular flexibility index (Phi) is 8.02. The molecule has 9 aromatic carbocycles. The van der Waals surface area contributed by atoms with Crippen LogP contribution in [0.3, 0.4) is 0 Å². The maximum Gasteiger partial charge on any atom is 0.251 e. The quantitative estimate of drug-likeness (QED) is 0.149. The molecule has 0 N–H and O–H groups in total. The standard InChI is InChI=1S/C54H36BF2N3Si/c56-37-27-31-41(32-28-37)59-46-23-13-25-50-53(46)55-52-48(59)35-43(58(39-15-5-1-6-16-39)40-17-7-2-8-18-40)36-49(52)60(42-33-29-38(57)30-34-42)47-24-14-26-51(54(47)55)61(50,44-19-9-3-10-20-44)45-21-11-4-12-22-45/h1-36H. The Bertz CT molecular complexity index is 2910. The van der Waals surface area contributed by atoms with Crippen LogP contribution >= 0.6 is 0 Å². The molecule has 0 saturated heterocycles. The second-order valence-electron chi connectivity index (χ2n) is 15.9. The summed E-state index contributed by atoms with van der Waals surface area (Å²) < 4.78 is 29.8. The van der Waals surface area contributed by atoms with E-state index in [1.807, 2.05) is 36.4 Å². The Hall–Kier alpha value is -7.48. The van der Waals surface area contributed by atoms with Gasteiger partial charge in [0.1, 0.15) is 11.6 Å². The highest BCUT2D eigenvalue weighted by molar-refractivity contribution is 7.27. The lowest BCUT2D eigenvalue weighted by Gasteiger charge is -2.51. The minimum absolute atomic E-state index is 0.125. The van der Waals surface area contributed by atoms with E-state index in [1.165, 1.54) is 31.7 Å². The third-order valence-electron chi connectivity index (χ3n) is 12.8. The molecule has 0 bridgehead atoms. The molecule has 0 aliphatic carbocycles. The van der Waals surface area contributed by atoms with Crippen molar-refractivity contribution in [2.45, 2.75) is 0 Å². The topological polar surface area (TPSA) is 9.72 Å². The van der Waals surface area contributed by atoms with Crippen LogP contribution in [-0.2, 0) is 0 Å². The van der Waals surface area contributed by atoms with Crippen molar-refractivity contribution < 1.29 is 8.78 Å². The van der Waals surface area contributed by atoms with Gasteiger partial charge < -0.3 is 14.7 Å². The van der Waals surface area contributed by atoms with Crippen molar-refractivity contribution in [3.05, 3.63) is 230 Å². The molecular formula is C54H36BF2N3Si. The van der Waals surface area contributed by atoms with Gasteiger partial charge in [0.05, 0.1) is 5.69 Å². The second-order valence-corrected chi connectivity index (χ2v) is 19.7. The van der Waals surface area contributed by atoms with E-state index in [-0.39, 0.29) is 18.3 Å². The molecular weight excluding hydrogens is 768 g/mol. The molecule has 9 aromatic rings. The molecule has 3 nitrogen and oxygen atoms in total. The van der Waals surface area contributed by atoms with Crippen molar-refractivity contribution in [2.24, 2.45) is 0 Å². The molecule has 288 valence electrons. The highest BCUT2D eigenvalue weighted by atomic mass is 28.3. The third-order valence-corrected chi connectivity index (χ3v) is 17.7. The zero-order valence-electron chi connectivity index (χ0n) is 33.0. The van der Waals surface area contributed by atoms with Crippen molar-refractivity contribution in [3.8, 4) is 0 Å². The molecule has 0 atom stereocenters.